The van der Waals surface area contributed by atoms with E-state index >= 15 is 0 Å². The molecule has 0 heterocycles. The van der Waals surface area contributed by atoms with Gasteiger partial charge in [-0.25, -0.2) is 0 Å². The van der Waals surface area contributed by atoms with Crippen molar-refractivity contribution >= 4 is 5.97 Å². The van der Waals surface area contributed by atoms with Crippen LogP contribution in [0.15, 0.2) is 85.1 Å². The van der Waals surface area contributed by atoms with E-state index in [4.69, 9.17) is 4.74 Å². The largest absolute Gasteiger partial charge is 0.461 e. The number of carbonyl (C=O) groups is 1. The lowest BCUT2D eigenvalue weighted by Gasteiger charge is -2.12. The van der Waals surface area contributed by atoms with Crippen LogP contribution >= 0.6 is 0 Å². The van der Waals surface area contributed by atoms with Crippen LogP contribution in [0.3, 0.4) is 0 Å². The van der Waals surface area contributed by atoms with Gasteiger partial charge in [0, 0.05) is 6.92 Å². The van der Waals surface area contributed by atoms with E-state index in [1.165, 1.54) is 6.92 Å². The highest BCUT2D eigenvalue weighted by Crippen LogP contribution is 2.20. The molecule has 132 valence electrons. The minimum atomic E-state index is -0.328. The van der Waals surface area contributed by atoms with Crippen molar-refractivity contribution in [3.8, 4) is 0 Å². The van der Waals surface area contributed by atoms with Gasteiger partial charge in [-0.05, 0) is 36.5 Å². The lowest BCUT2D eigenvalue weighted by atomic mass is 9.98. The Hall–Kier alpha value is -2.35. The quantitative estimate of drug-likeness (QED) is 0.283. The molecule has 0 atom stereocenters. The van der Waals surface area contributed by atoms with Crippen molar-refractivity contribution in [3.05, 3.63) is 85.1 Å². The van der Waals surface area contributed by atoms with E-state index in [2.05, 4.69) is 39.8 Å². The van der Waals surface area contributed by atoms with Gasteiger partial charge < -0.3 is 4.74 Å². The van der Waals surface area contributed by atoms with E-state index in [1.807, 2.05) is 38.2 Å². The minimum absolute atomic E-state index is 0.169. The molecule has 0 aliphatic carbocycles. The van der Waals surface area contributed by atoms with Gasteiger partial charge in [-0.1, -0.05) is 75.6 Å². The Kier molecular flexibility index (Phi) is 14.2. The molecule has 0 saturated carbocycles. The summed E-state index contributed by atoms with van der Waals surface area (Å²) < 4.78 is 5.03. The zero-order chi connectivity index (χ0) is 19.1. The predicted molar refractivity (Wildman–Crippen MR) is 107 cm³/mol. The van der Waals surface area contributed by atoms with Crippen molar-refractivity contribution in [2.75, 3.05) is 6.61 Å². The molecular weight excluding hydrogens is 296 g/mol. The number of hydrogen-bond acceptors (Lipinski definition) is 2. The first kappa shape index (κ1) is 23.9. The Morgan fingerprint density at radius 1 is 1.04 bits per heavy atom. The first-order valence-corrected chi connectivity index (χ1v) is 8.04. The number of hydrogen-bond donors (Lipinski definition) is 0. The fourth-order valence-electron chi connectivity index (χ4n) is 1.34. The van der Waals surface area contributed by atoms with Gasteiger partial charge in [-0.3, -0.25) is 4.79 Å². The summed E-state index contributed by atoms with van der Waals surface area (Å²) in [5, 5.41) is 0. The Morgan fingerprint density at radius 2 is 1.58 bits per heavy atom. The molecule has 0 spiro atoms. The zero-order valence-corrected chi connectivity index (χ0v) is 15.8. The molecule has 24 heavy (non-hydrogen) atoms. The van der Waals surface area contributed by atoms with Gasteiger partial charge in [0.2, 0.25) is 0 Å². The van der Waals surface area contributed by atoms with E-state index in [-0.39, 0.29) is 12.6 Å². The standard InChI is InChI=1S/C18H24O2.C4H8/c1-8-14(4)9-10-15(5)16(6)18(11-13(2)3)12-20-17(7)19;1-3-4-2/h9-11H,2,4-6,8,12H2,1,3,7H3;3H,1,4H2,2H3/b10-9-,18-11-;. The summed E-state index contributed by atoms with van der Waals surface area (Å²) in [6.45, 7) is 26.7. The van der Waals surface area contributed by atoms with Crippen molar-refractivity contribution < 1.29 is 9.53 Å². The normalized spacial score (nSPS) is 10.4. The monoisotopic (exact) mass is 328 g/mol. The average Bonchev–Trinajstić information content (AvgIpc) is 2.54. The van der Waals surface area contributed by atoms with Crippen LogP contribution in [0.25, 0.3) is 0 Å². The fraction of sp³-hybridized carbons (Fsp3) is 0.318. The number of carbonyl (C=O) groups excluding carboxylic acids is 1. The minimum Gasteiger partial charge on any atom is -0.461 e. The maximum atomic E-state index is 10.9. The third-order valence-corrected chi connectivity index (χ3v) is 2.89. The summed E-state index contributed by atoms with van der Waals surface area (Å²) in [4.78, 5) is 10.9. The number of esters is 1. The van der Waals surface area contributed by atoms with Crippen LogP contribution in [0.4, 0.5) is 0 Å². The summed E-state index contributed by atoms with van der Waals surface area (Å²) in [6, 6.07) is 0. The lowest BCUT2D eigenvalue weighted by molar-refractivity contribution is -0.139. The van der Waals surface area contributed by atoms with Crippen molar-refractivity contribution in [3.63, 3.8) is 0 Å². The van der Waals surface area contributed by atoms with E-state index < -0.39 is 0 Å². The molecule has 0 fully saturated rings. The van der Waals surface area contributed by atoms with Crippen molar-refractivity contribution in [1.82, 2.24) is 0 Å². The summed E-state index contributed by atoms with van der Waals surface area (Å²) in [6.07, 6.45) is 9.48. The van der Waals surface area contributed by atoms with Gasteiger partial charge >= 0.3 is 5.97 Å². The Balaban J connectivity index is 0. The Labute approximate surface area is 148 Å². The maximum absolute atomic E-state index is 10.9. The zero-order valence-electron chi connectivity index (χ0n) is 15.8. The highest BCUT2D eigenvalue weighted by Gasteiger charge is 2.07. The molecule has 0 aromatic heterocycles. The number of allylic oxidation sites excluding steroid dienone is 7. The van der Waals surface area contributed by atoms with Crippen molar-refractivity contribution in [2.24, 2.45) is 0 Å². The van der Waals surface area contributed by atoms with Gasteiger partial charge in [0.05, 0.1) is 0 Å². The first-order chi connectivity index (χ1) is 11.2. The third kappa shape index (κ3) is 13.3. The van der Waals surface area contributed by atoms with Crippen LogP contribution in [0, 0.1) is 0 Å². The molecule has 2 nitrogen and oxygen atoms in total. The summed E-state index contributed by atoms with van der Waals surface area (Å²) in [7, 11) is 0. The second-order valence-corrected chi connectivity index (χ2v) is 5.34. The third-order valence-electron chi connectivity index (χ3n) is 2.89. The van der Waals surface area contributed by atoms with Crippen LogP contribution in [0.1, 0.15) is 40.5 Å². The molecule has 0 radical (unpaired) electrons. The van der Waals surface area contributed by atoms with Gasteiger partial charge in [-0.2, -0.15) is 0 Å². The van der Waals surface area contributed by atoms with Crippen LogP contribution in [0.2, 0.25) is 0 Å². The predicted octanol–water partition coefficient (Wildman–Crippen LogP) is 6.27. The van der Waals surface area contributed by atoms with Crippen LogP contribution in [-0.2, 0) is 9.53 Å². The fourth-order valence-corrected chi connectivity index (χ4v) is 1.34. The van der Waals surface area contributed by atoms with E-state index in [9.17, 15) is 4.79 Å². The van der Waals surface area contributed by atoms with Crippen molar-refractivity contribution in [1.29, 1.82) is 0 Å². The Bertz CT molecular complexity index is 542. The molecule has 0 saturated heterocycles. The molecule has 0 unspecified atom stereocenters. The lowest BCUT2D eigenvalue weighted by Crippen LogP contribution is -2.05. The molecule has 0 aliphatic heterocycles. The number of ether oxygens (including phenoxy) is 1. The molecule has 0 amide bonds. The second-order valence-electron chi connectivity index (χ2n) is 5.34. The van der Waals surface area contributed by atoms with E-state index in [0.29, 0.717) is 0 Å². The molecule has 0 bridgehead atoms. The average molecular weight is 328 g/mol. The molecule has 0 aliphatic rings. The van der Waals surface area contributed by atoms with Crippen molar-refractivity contribution in [2.45, 2.75) is 40.5 Å². The second kappa shape index (κ2) is 14.3. The topological polar surface area (TPSA) is 26.3 Å². The van der Waals surface area contributed by atoms with E-state index in [1.54, 1.807) is 0 Å². The van der Waals surface area contributed by atoms with E-state index in [0.717, 1.165) is 40.7 Å². The van der Waals surface area contributed by atoms with Crippen LogP contribution in [0.5, 0.6) is 0 Å². The molecule has 0 rings (SSSR count). The molecule has 0 aromatic carbocycles. The molecule has 0 aromatic rings. The SMILES string of the molecule is C=C(C)/C=C(/COC(C)=O)C(=C)C(=C)/C=C\C(=C)CC.C=CCC. The van der Waals surface area contributed by atoms with Gasteiger partial charge in [0.1, 0.15) is 6.61 Å². The number of rotatable bonds is 9. The molecule has 2 heteroatoms. The summed E-state index contributed by atoms with van der Waals surface area (Å²) >= 11 is 0. The van der Waals surface area contributed by atoms with Crippen LogP contribution in [-0.4, -0.2) is 12.6 Å². The Morgan fingerprint density at radius 3 is 1.96 bits per heavy atom. The molecule has 0 N–H and O–H groups in total. The first-order valence-electron chi connectivity index (χ1n) is 8.04. The van der Waals surface area contributed by atoms with Gasteiger partial charge in [-0.15, -0.1) is 6.58 Å². The summed E-state index contributed by atoms with van der Waals surface area (Å²) in [5.41, 5.74) is 4.17. The highest BCUT2D eigenvalue weighted by molar-refractivity contribution is 5.66. The maximum Gasteiger partial charge on any atom is 0.302 e. The molecular formula is C22H32O2. The van der Waals surface area contributed by atoms with Gasteiger partial charge in [0.25, 0.3) is 0 Å². The smallest absolute Gasteiger partial charge is 0.302 e. The highest BCUT2D eigenvalue weighted by atomic mass is 16.5. The van der Waals surface area contributed by atoms with Gasteiger partial charge in [0.15, 0.2) is 0 Å². The van der Waals surface area contributed by atoms with Crippen LogP contribution < -0.4 is 0 Å². The summed E-state index contributed by atoms with van der Waals surface area (Å²) in [5.74, 6) is -0.328.